The van der Waals surface area contributed by atoms with Crippen LogP contribution < -0.4 is 15.2 Å². The van der Waals surface area contributed by atoms with Crippen LogP contribution in [0.15, 0.2) is 53.0 Å². The Morgan fingerprint density at radius 3 is 2.65 bits per heavy atom. The van der Waals surface area contributed by atoms with Gasteiger partial charge >= 0.3 is 0 Å². The maximum Gasteiger partial charge on any atom is 0.219 e. The van der Waals surface area contributed by atoms with Crippen LogP contribution in [0.2, 0.25) is 0 Å². The minimum atomic E-state index is 0.477. The maximum atomic E-state index is 5.91. The largest absolute Gasteiger partial charge is 0.492 e. The van der Waals surface area contributed by atoms with E-state index in [0.717, 1.165) is 27.5 Å². The fraction of sp³-hybridized carbons (Fsp3) is 0.286. The Labute approximate surface area is 162 Å². The molecule has 0 bridgehead atoms. The van der Waals surface area contributed by atoms with Crippen LogP contribution in [-0.2, 0) is 6.42 Å². The van der Waals surface area contributed by atoms with Crippen LogP contribution in [0.1, 0.15) is 19.4 Å². The lowest BCUT2D eigenvalue weighted by molar-refractivity contribution is 0.269. The van der Waals surface area contributed by atoms with Gasteiger partial charge in [0.25, 0.3) is 0 Å². The molecular weight excluding hydrogens is 392 g/mol. The highest BCUT2D eigenvalue weighted by Gasteiger charge is 2.07. The number of benzene rings is 2. The molecule has 1 heterocycles. The average Bonchev–Trinajstić information content (AvgIpc) is 2.61. The summed E-state index contributed by atoms with van der Waals surface area (Å²) in [5.74, 6) is 2.56. The van der Waals surface area contributed by atoms with Crippen molar-refractivity contribution in [3.05, 3.63) is 58.6 Å². The van der Waals surface area contributed by atoms with E-state index in [2.05, 4.69) is 46.9 Å². The minimum absolute atomic E-state index is 0.477. The molecule has 0 aliphatic rings. The zero-order chi connectivity index (χ0) is 18.5. The first-order valence-electron chi connectivity index (χ1n) is 8.75. The van der Waals surface area contributed by atoms with Crippen molar-refractivity contribution in [2.24, 2.45) is 11.7 Å². The molecule has 0 aliphatic heterocycles. The highest BCUT2D eigenvalue weighted by molar-refractivity contribution is 9.10. The molecule has 3 rings (SSSR count). The number of halogens is 1. The first kappa shape index (κ1) is 18.7. The topological polar surface area (TPSA) is 57.4 Å². The second-order valence-corrected chi connectivity index (χ2v) is 7.47. The number of nitrogens with zero attached hydrogens (tertiary/aromatic N) is 1. The predicted octanol–water partition coefficient (Wildman–Crippen LogP) is 5.33. The summed E-state index contributed by atoms with van der Waals surface area (Å²) in [6.45, 7) is 5.56. The molecule has 136 valence electrons. The lowest BCUT2D eigenvalue weighted by Crippen LogP contribution is -2.04. The van der Waals surface area contributed by atoms with E-state index in [1.165, 1.54) is 5.56 Å². The SMILES string of the molecule is CC(C)COc1ccc(Oc2ccc3cc(CCN)ccc3n2)cc1Br. The summed E-state index contributed by atoms with van der Waals surface area (Å²) < 4.78 is 12.5. The van der Waals surface area contributed by atoms with E-state index in [9.17, 15) is 0 Å². The van der Waals surface area contributed by atoms with Gasteiger partial charge in [0.2, 0.25) is 5.88 Å². The highest BCUT2D eigenvalue weighted by atomic mass is 79.9. The Morgan fingerprint density at radius 2 is 1.92 bits per heavy atom. The van der Waals surface area contributed by atoms with Gasteiger partial charge in [-0.3, -0.25) is 0 Å². The van der Waals surface area contributed by atoms with Gasteiger partial charge in [0, 0.05) is 11.5 Å². The number of aromatic nitrogens is 1. The maximum absolute atomic E-state index is 5.91. The Balaban J connectivity index is 1.75. The molecular formula is C21H23BrN2O2. The molecule has 0 saturated carbocycles. The minimum Gasteiger partial charge on any atom is -0.492 e. The Hall–Kier alpha value is -2.11. The number of pyridine rings is 1. The second-order valence-electron chi connectivity index (χ2n) is 6.61. The molecule has 2 aromatic carbocycles. The fourth-order valence-corrected chi connectivity index (χ4v) is 3.05. The molecule has 5 heteroatoms. The number of ether oxygens (including phenoxy) is 2. The van der Waals surface area contributed by atoms with E-state index in [1.807, 2.05) is 36.4 Å². The first-order valence-corrected chi connectivity index (χ1v) is 9.54. The van der Waals surface area contributed by atoms with Gasteiger partial charge in [0.05, 0.1) is 16.6 Å². The molecule has 0 spiro atoms. The monoisotopic (exact) mass is 414 g/mol. The molecule has 0 aliphatic carbocycles. The standard InChI is InChI=1S/C21H23BrN2O2/c1-14(2)13-25-20-7-5-17(12-18(20)22)26-21-8-4-16-11-15(9-10-23)3-6-19(16)24-21/h3-8,11-12,14H,9-10,13,23H2,1-2H3. The molecule has 1 aromatic heterocycles. The van der Waals surface area contributed by atoms with Crippen molar-refractivity contribution in [3.63, 3.8) is 0 Å². The number of nitrogens with two attached hydrogens (primary N) is 1. The summed E-state index contributed by atoms with van der Waals surface area (Å²) in [7, 11) is 0. The van der Waals surface area contributed by atoms with Crippen molar-refractivity contribution in [2.45, 2.75) is 20.3 Å². The van der Waals surface area contributed by atoms with Crippen LogP contribution in [0.25, 0.3) is 10.9 Å². The van der Waals surface area contributed by atoms with Crippen molar-refractivity contribution >= 4 is 26.8 Å². The number of fused-ring (bicyclic) bond motifs is 1. The van der Waals surface area contributed by atoms with Crippen molar-refractivity contribution < 1.29 is 9.47 Å². The summed E-state index contributed by atoms with van der Waals surface area (Å²) >= 11 is 3.54. The van der Waals surface area contributed by atoms with Crippen molar-refractivity contribution in [1.29, 1.82) is 0 Å². The molecule has 3 aromatic rings. The van der Waals surface area contributed by atoms with Crippen LogP contribution >= 0.6 is 15.9 Å². The number of hydrogen-bond acceptors (Lipinski definition) is 4. The van der Waals surface area contributed by atoms with Crippen LogP contribution in [0.3, 0.4) is 0 Å². The Morgan fingerprint density at radius 1 is 1.08 bits per heavy atom. The number of hydrogen-bond donors (Lipinski definition) is 1. The van der Waals surface area contributed by atoms with Gasteiger partial charge in [-0.05, 0) is 76.8 Å². The third-order valence-corrected chi connectivity index (χ3v) is 4.48. The van der Waals surface area contributed by atoms with Crippen molar-refractivity contribution in [3.8, 4) is 17.4 Å². The van der Waals surface area contributed by atoms with Crippen LogP contribution in [0, 0.1) is 5.92 Å². The first-order chi connectivity index (χ1) is 12.5. The molecule has 0 unspecified atom stereocenters. The zero-order valence-electron chi connectivity index (χ0n) is 15.0. The molecule has 0 atom stereocenters. The highest BCUT2D eigenvalue weighted by Crippen LogP contribution is 2.32. The van der Waals surface area contributed by atoms with Gasteiger partial charge in [-0.2, -0.15) is 0 Å². The van der Waals surface area contributed by atoms with Crippen molar-refractivity contribution in [1.82, 2.24) is 4.98 Å². The lowest BCUT2D eigenvalue weighted by Gasteiger charge is -2.12. The number of rotatable bonds is 7. The van der Waals surface area contributed by atoms with Gasteiger partial charge in [-0.1, -0.05) is 19.9 Å². The van der Waals surface area contributed by atoms with Gasteiger partial charge in [0.15, 0.2) is 0 Å². The molecule has 0 radical (unpaired) electrons. The van der Waals surface area contributed by atoms with Crippen LogP contribution in [0.5, 0.6) is 17.4 Å². The van der Waals surface area contributed by atoms with Crippen LogP contribution in [0.4, 0.5) is 0 Å². The predicted molar refractivity (Wildman–Crippen MR) is 109 cm³/mol. The summed E-state index contributed by atoms with van der Waals surface area (Å²) in [6.07, 6.45) is 0.868. The molecule has 2 N–H and O–H groups in total. The average molecular weight is 415 g/mol. The normalized spacial score (nSPS) is 11.1. The lowest BCUT2D eigenvalue weighted by atomic mass is 10.1. The third kappa shape index (κ3) is 4.74. The zero-order valence-corrected chi connectivity index (χ0v) is 16.6. The molecule has 4 nitrogen and oxygen atoms in total. The quantitative estimate of drug-likeness (QED) is 0.567. The second kappa shape index (κ2) is 8.52. The molecule has 0 fully saturated rings. The van der Waals surface area contributed by atoms with E-state index in [-0.39, 0.29) is 0 Å². The molecule has 0 saturated heterocycles. The molecule has 0 amide bonds. The van der Waals surface area contributed by atoms with Gasteiger partial charge in [-0.15, -0.1) is 0 Å². The van der Waals surface area contributed by atoms with E-state index < -0.39 is 0 Å². The Bertz CT molecular complexity index is 896. The summed E-state index contributed by atoms with van der Waals surface area (Å²) in [5, 5.41) is 1.09. The summed E-state index contributed by atoms with van der Waals surface area (Å²) in [4.78, 5) is 4.58. The van der Waals surface area contributed by atoms with Gasteiger partial charge in [0.1, 0.15) is 11.5 Å². The Kier molecular flexibility index (Phi) is 6.12. The smallest absolute Gasteiger partial charge is 0.219 e. The molecule has 26 heavy (non-hydrogen) atoms. The van der Waals surface area contributed by atoms with Gasteiger partial charge < -0.3 is 15.2 Å². The summed E-state index contributed by atoms with van der Waals surface area (Å²) in [5.41, 5.74) is 7.74. The van der Waals surface area contributed by atoms with E-state index in [1.54, 1.807) is 0 Å². The van der Waals surface area contributed by atoms with E-state index >= 15 is 0 Å². The van der Waals surface area contributed by atoms with Gasteiger partial charge in [-0.25, -0.2) is 4.98 Å². The van der Waals surface area contributed by atoms with E-state index in [0.29, 0.717) is 30.7 Å². The fourth-order valence-electron chi connectivity index (χ4n) is 2.57. The summed E-state index contributed by atoms with van der Waals surface area (Å²) in [6, 6.07) is 15.8. The van der Waals surface area contributed by atoms with Crippen molar-refractivity contribution in [2.75, 3.05) is 13.2 Å². The third-order valence-electron chi connectivity index (χ3n) is 3.86. The van der Waals surface area contributed by atoms with E-state index in [4.69, 9.17) is 15.2 Å². The van der Waals surface area contributed by atoms with Crippen LogP contribution in [-0.4, -0.2) is 18.1 Å².